The van der Waals surface area contributed by atoms with Gasteiger partial charge in [-0.05, 0) is 54.3 Å². The van der Waals surface area contributed by atoms with Crippen molar-refractivity contribution in [3.8, 4) is 23.0 Å². The van der Waals surface area contributed by atoms with Gasteiger partial charge in [0.05, 0.1) is 53.7 Å². The average Bonchev–Trinajstić information content (AvgIpc) is 3.26. The molecule has 1 unspecified atom stereocenters. The molecule has 2 aliphatic rings. The molecule has 0 radical (unpaired) electrons. The zero-order valence-electron chi connectivity index (χ0n) is 25.2. The second-order valence-corrected chi connectivity index (χ2v) is 10.6. The smallest absolute Gasteiger partial charge is 0.295 e. The number of aryl methyl sites for hydroxylation is 1. The van der Waals surface area contributed by atoms with Crippen LogP contribution in [0.2, 0.25) is 0 Å². The summed E-state index contributed by atoms with van der Waals surface area (Å²) in [7, 11) is 4.50. The van der Waals surface area contributed by atoms with Gasteiger partial charge in [-0.1, -0.05) is 25.2 Å². The average molecular weight is 583 g/mol. The van der Waals surface area contributed by atoms with Crippen LogP contribution < -0.4 is 29.0 Å². The van der Waals surface area contributed by atoms with Crippen LogP contribution in [0.1, 0.15) is 48.9 Å². The normalized spacial score (nSPS) is 18.8. The minimum atomic E-state index is -0.910. The lowest BCUT2D eigenvalue weighted by Crippen LogP contribution is -3.14. The zero-order chi connectivity index (χ0) is 30.2. The number of rotatable bonds is 13. The number of hydrogen-bond acceptors (Lipinski definition) is 8. The quantitative estimate of drug-likeness (QED) is 0.165. The maximum Gasteiger partial charge on any atom is 0.295 e. The van der Waals surface area contributed by atoms with Crippen LogP contribution in [-0.2, 0) is 14.3 Å². The predicted octanol–water partition coefficient (Wildman–Crippen LogP) is 1.73. The van der Waals surface area contributed by atoms with Gasteiger partial charge >= 0.3 is 0 Å². The summed E-state index contributed by atoms with van der Waals surface area (Å²) in [6.45, 7) is 8.89. The van der Waals surface area contributed by atoms with Gasteiger partial charge in [-0.2, -0.15) is 0 Å². The molecule has 0 saturated carbocycles. The molecular weight excluding hydrogens is 540 g/mol. The summed E-state index contributed by atoms with van der Waals surface area (Å²) in [5, 5.41) is 14.0. The van der Waals surface area contributed by atoms with Gasteiger partial charge in [0.2, 0.25) is 11.5 Å². The lowest BCUT2D eigenvalue weighted by atomic mass is 9.94. The Kier molecular flexibility index (Phi) is 10.7. The van der Waals surface area contributed by atoms with Crippen molar-refractivity contribution in [1.82, 2.24) is 4.90 Å². The molecule has 10 heteroatoms. The number of quaternary nitrogens is 1. The van der Waals surface area contributed by atoms with Crippen molar-refractivity contribution in [2.24, 2.45) is 0 Å². The number of Topliss-reactive ketones (excluding diaryl/α,β-unsaturated/α-hetero) is 1. The molecule has 1 atom stereocenters. The van der Waals surface area contributed by atoms with Gasteiger partial charge in [0.1, 0.15) is 18.8 Å². The van der Waals surface area contributed by atoms with Gasteiger partial charge in [-0.3, -0.25) is 9.59 Å². The van der Waals surface area contributed by atoms with Crippen LogP contribution in [-0.4, -0.2) is 83.9 Å². The van der Waals surface area contributed by atoms with Crippen molar-refractivity contribution in [2.75, 3.05) is 67.3 Å². The van der Waals surface area contributed by atoms with Crippen molar-refractivity contribution in [2.45, 2.75) is 39.2 Å². The molecule has 2 aliphatic heterocycles. The molecule has 2 fully saturated rings. The molecule has 0 spiro atoms. The molecule has 1 amide bonds. The number of hydrogen-bond donors (Lipinski definition) is 1. The molecule has 2 saturated heterocycles. The Labute approximate surface area is 247 Å². The van der Waals surface area contributed by atoms with E-state index in [-0.39, 0.29) is 5.57 Å². The number of unbranched alkanes of at least 4 members (excludes halogenated alkanes) is 1. The molecule has 2 aromatic rings. The van der Waals surface area contributed by atoms with Crippen molar-refractivity contribution < 1.29 is 43.3 Å². The largest absolute Gasteiger partial charge is 0.872 e. The summed E-state index contributed by atoms with van der Waals surface area (Å²) in [5.41, 5.74) is 1.54. The molecule has 42 heavy (non-hydrogen) atoms. The van der Waals surface area contributed by atoms with E-state index in [0.717, 1.165) is 38.0 Å². The van der Waals surface area contributed by atoms with E-state index in [1.807, 2.05) is 6.92 Å². The van der Waals surface area contributed by atoms with Crippen LogP contribution in [0.5, 0.6) is 23.0 Å². The van der Waals surface area contributed by atoms with Crippen molar-refractivity contribution in [3.63, 3.8) is 0 Å². The van der Waals surface area contributed by atoms with E-state index in [0.29, 0.717) is 66.9 Å². The summed E-state index contributed by atoms with van der Waals surface area (Å²) in [5.74, 6) is -0.170. The number of nitrogens with zero attached hydrogens (tertiary/aromatic N) is 1. The van der Waals surface area contributed by atoms with Gasteiger partial charge in [0, 0.05) is 18.5 Å². The number of carbonyl (C=O) groups is 2. The number of methoxy groups -OCH3 is 3. The first-order valence-electron chi connectivity index (χ1n) is 14.6. The van der Waals surface area contributed by atoms with Crippen LogP contribution in [0.25, 0.3) is 5.76 Å². The van der Waals surface area contributed by atoms with Crippen LogP contribution in [0.3, 0.4) is 0 Å². The van der Waals surface area contributed by atoms with Crippen molar-refractivity contribution in [1.29, 1.82) is 0 Å². The van der Waals surface area contributed by atoms with Crippen LogP contribution in [0.15, 0.2) is 35.9 Å². The fourth-order valence-electron chi connectivity index (χ4n) is 5.55. The number of carbonyl (C=O) groups excluding carboxylic acids is 2. The third kappa shape index (κ3) is 6.65. The van der Waals surface area contributed by atoms with Crippen LogP contribution in [0, 0.1) is 6.92 Å². The lowest BCUT2D eigenvalue weighted by molar-refractivity contribution is -0.908. The Bertz CT molecular complexity index is 1280. The third-order valence-corrected chi connectivity index (χ3v) is 7.85. The number of likely N-dealkylation sites (tertiary alicyclic amines) is 1. The number of amides is 1. The number of ketones is 1. The highest BCUT2D eigenvalue weighted by atomic mass is 16.5. The third-order valence-electron chi connectivity index (χ3n) is 7.85. The zero-order valence-corrected chi connectivity index (χ0v) is 25.2. The van der Waals surface area contributed by atoms with E-state index in [2.05, 4.69) is 6.92 Å². The van der Waals surface area contributed by atoms with E-state index in [9.17, 15) is 14.7 Å². The van der Waals surface area contributed by atoms with Crippen molar-refractivity contribution in [3.05, 3.63) is 52.6 Å². The molecule has 2 heterocycles. The van der Waals surface area contributed by atoms with E-state index >= 15 is 0 Å². The summed E-state index contributed by atoms with van der Waals surface area (Å²) < 4.78 is 27.9. The van der Waals surface area contributed by atoms with E-state index in [1.165, 1.54) is 31.1 Å². The topological polar surface area (TPSA) is 111 Å². The maximum absolute atomic E-state index is 14.0. The minimum Gasteiger partial charge on any atom is -0.872 e. The first-order chi connectivity index (χ1) is 20.3. The number of benzene rings is 2. The Morgan fingerprint density at radius 3 is 2.29 bits per heavy atom. The van der Waals surface area contributed by atoms with Gasteiger partial charge in [-0.15, -0.1) is 0 Å². The second kappa shape index (κ2) is 14.4. The fraction of sp³-hybridized carbons (Fsp3) is 0.500. The number of ether oxygens (including phenoxy) is 5. The molecule has 228 valence electrons. The molecule has 0 bridgehead atoms. The minimum absolute atomic E-state index is 0.0907. The molecule has 0 aliphatic carbocycles. The maximum atomic E-state index is 14.0. The van der Waals surface area contributed by atoms with Crippen LogP contribution >= 0.6 is 0 Å². The van der Waals surface area contributed by atoms with Crippen LogP contribution in [0.4, 0.5) is 0 Å². The fourth-order valence-corrected chi connectivity index (χ4v) is 5.55. The Morgan fingerprint density at radius 1 is 1.00 bits per heavy atom. The summed E-state index contributed by atoms with van der Waals surface area (Å²) >= 11 is 0. The predicted molar refractivity (Wildman–Crippen MR) is 155 cm³/mol. The van der Waals surface area contributed by atoms with Crippen molar-refractivity contribution >= 4 is 17.4 Å². The molecular formula is C32H42N2O8. The van der Waals surface area contributed by atoms with E-state index < -0.39 is 23.5 Å². The molecule has 2 aromatic carbocycles. The Morgan fingerprint density at radius 2 is 1.69 bits per heavy atom. The first kappa shape index (κ1) is 31.2. The SMILES string of the molecule is CCCCOc1ccc(C([O-])=C2C(=O)C(=O)N(CCC[NH+]3CCOCC3)C2c2cc(OC)c(OC)c(OC)c2)cc1C. The van der Waals surface area contributed by atoms with Gasteiger partial charge < -0.3 is 38.6 Å². The molecule has 1 N–H and O–H groups in total. The summed E-state index contributed by atoms with van der Waals surface area (Å²) in [6, 6.07) is 7.59. The van der Waals surface area contributed by atoms with Gasteiger partial charge in [-0.25, -0.2) is 0 Å². The standard InChI is InChI=1S/C32H42N2O8/c1-6-7-15-42-24-10-9-22(18-21(24)2)29(35)27-28(23-19-25(38-3)31(40-5)26(20-23)39-4)34(32(37)30(27)36)12-8-11-33-13-16-41-17-14-33/h9-10,18-20,28,35H,6-8,11-17H2,1-5H3. The van der Waals surface area contributed by atoms with E-state index in [1.54, 1.807) is 30.3 Å². The second-order valence-electron chi connectivity index (χ2n) is 10.6. The molecule has 10 nitrogen and oxygen atoms in total. The highest BCUT2D eigenvalue weighted by molar-refractivity contribution is 6.46. The highest BCUT2D eigenvalue weighted by Crippen LogP contribution is 2.45. The Balaban J connectivity index is 1.76. The lowest BCUT2D eigenvalue weighted by Gasteiger charge is -2.29. The highest BCUT2D eigenvalue weighted by Gasteiger charge is 2.44. The monoisotopic (exact) mass is 582 g/mol. The molecule has 4 rings (SSSR count). The van der Waals surface area contributed by atoms with Gasteiger partial charge in [0.15, 0.2) is 11.5 Å². The molecule has 0 aromatic heterocycles. The van der Waals surface area contributed by atoms with Gasteiger partial charge in [0.25, 0.3) is 5.91 Å². The Hall–Kier alpha value is -3.76. The number of morpholine rings is 1. The summed E-state index contributed by atoms with van der Waals surface area (Å²) in [6.07, 6.45) is 2.60. The first-order valence-corrected chi connectivity index (χ1v) is 14.6. The number of nitrogens with one attached hydrogen (secondary N) is 1. The summed E-state index contributed by atoms with van der Waals surface area (Å²) in [4.78, 5) is 29.9. The van der Waals surface area contributed by atoms with E-state index in [4.69, 9.17) is 23.7 Å².